The molecular formula is C28H39N3O4. The fourth-order valence-corrected chi connectivity index (χ4v) is 5.12. The lowest BCUT2D eigenvalue weighted by molar-refractivity contribution is -0.137. The first-order chi connectivity index (χ1) is 17.0. The summed E-state index contributed by atoms with van der Waals surface area (Å²) in [7, 11) is 1.66. The van der Waals surface area contributed by atoms with Crippen molar-refractivity contribution in [2.45, 2.75) is 57.5 Å². The van der Waals surface area contributed by atoms with E-state index in [1.807, 2.05) is 31.2 Å². The second-order valence-electron chi connectivity index (χ2n) is 10.0. The van der Waals surface area contributed by atoms with Crippen LogP contribution < -0.4 is 10.1 Å². The number of rotatable bonds is 12. The lowest BCUT2D eigenvalue weighted by atomic mass is 9.94. The lowest BCUT2D eigenvalue weighted by Crippen LogP contribution is -2.28. The van der Waals surface area contributed by atoms with Gasteiger partial charge in [-0.05, 0) is 80.8 Å². The number of likely N-dealkylation sites (tertiary alicyclic amines) is 1. The Morgan fingerprint density at radius 3 is 3.03 bits per heavy atom. The molecule has 0 radical (unpaired) electrons. The van der Waals surface area contributed by atoms with Gasteiger partial charge in [-0.3, -0.25) is 4.79 Å². The number of ether oxygens (including phenoxy) is 2. The van der Waals surface area contributed by atoms with Gasteiger partial charge in [-0.15, -0.1) is 0 Å². The molecule has 2 aromatic rings. The van der Waals surface area contributed by atoms with E-state index in [-0.39, 0.29) is 18.4 Å². The molecule has 2 aliphatic heterocycles. The highest BCUT2D eigenvalue weighted by Crippen LogP contribution is 2.29. The molecule has 2 N–H and O–H groups in total. The predicted octanol–water partition coefficient (Wildman–Crippen LogP) is 4.37. The van der Waals surface area contributed by atoms with Crippen LogP contribution in [0.3, 0.4) is 0 Å². The number of pyridine rings is 1. The quantitative estimate of drug-likeness (QED) is 0.466. The Morgan fingerprint density at radius 1 is 1.31 bits per heavy atom. The Labute approximate surface area is 208 Å². The number of aryl methyl sites for hydroxylation is 2. The van der Waals surface area contributed by atoms with E-state index in [4.69, 9.17) is 14.5 Å². The third-order valence-corrected chi connectivity index (χ3v) is 7.25. The zero-order valence-electron chi connectivity index (χ0n) is 21.0. The molecule has 1 saturated heterocycles. The molecule has 0 bridgehead atoms. The molecule has 7 nitrogen and oxygen atoms in total. The Bertz CT molecular complexity index is 982. The number of benzene rings is 1. The molecule has 190 valence electrons. The van der Waals surface area contributed by atoms with Gasteiger partial charge in [-0.1, -0.05) is 18.2 Å². The molecule has 7 heteroatoms. The van der Waals surface area contributed by atoms with Gasteiger partial charge < -0.3 is 24.8 Å². The van der Waals surface area contributed by atoms with Crippen molar-refractivity contribution in [2.24, 2.45) is 5.92 Å². The highest BCUT2D eigenvalue weighted by Gasteiger charge is 2.27. The van der Waals surface area contributed by atoms with Crippen LogP contribution in [-0.2, 0) is 22.4 Å². The fraction of sp³-hybridized carbons (Fsp3) is 0.571. The van der Waals surface area contributed by atoms with E-state index in [0.717, 1.165) is 69.0 Å². The van der Waals surface area contributed by atoms with Crippen LogP contribution in [0, 0.1) is 5.92 Å². The van der Waals surface area contributed by atoms with E-state index < -0.39 is 5.97 Å². The van der Waals surface area contributed by atoms with Crippen molar-refractivity contribution >= 4 is 11.8 Å². The Balaban J connectivity index is 1.31. The summed E-state index contributed by atoms with van der Waals surface area (Å²) in [5.41, 5.74) is 3.52. The van der Waals surface area contributed by atoms with E-state index in [1.165, 1.54) is 17.7 Å². The average molecular weight is 482 g/mol. The summed E-state index contributed by atoms with van der Waals surface area (Å²) < 4.78 is 11.1. The number of hydrogen-bond acceptors (Lipinski definition) is 6. The number of nitrogens with zero attached hydrogens (tertiary/aromatic N) is 2. The summed E-state index contributed by atoms with van der Waals surface area (Å²) in [6.45, 7) is 6.22. The van der Waals surface area contributed by atoms with Gasteiger partial charge in [0.15, 0.2) is 0 Å². The van der Waals surface area contributed by atoms with Crippen molar-refractivity contribution in [3.05, 3.63) is 53.2 Å². The van der Waals surface area contributed by atoms with Crippen LogP contribution in [0.4, 0.5) is 5.82 Å². The number of aliphatic carboxylic acids is 1. The number of aromatic nitrogens is 1. The molecule has 1 aromatic heterocycles. The number of hydrogen-bond donors (Lipinski definition) is 2. The first kappa shape index (κ1) is 25.5. The highest BCUT2D eigenvalue weighted by molar-refractivity contribution is 5.68. The van der Waals surface area contributed by atoms with Crippen LogP contribution in [0.25, 0.3) is 0 Å². The van der Waals surface area contributed by atoms with Gasteiger partial charge in [0.25, 0.3) is 0 Å². The van der Waals surface area contributed by atoms with Crippen LogP contribution in [0.15, 0.2) is 36.4 Å². The summed E-state index contributed by atoms with van der Waals surface area (Å²) >= 11 is 0. The molecule has 0 spiro atoms. The minimum atomic E-state index is -0.767. The van der Waals surface area contributed by atoms with Crippen molar-refractivity contribution in [2.75, 3.05) is 45.2 Å². The number of carboxylic acid groups (broad SMARTS) is 1. The van der Waals surface area contributed by atoms with Gasteiger partial charge in [-0.25, -0.2) is 4.98 Å². The molecule has 1 fully saturated rings. The zero-order chi connectivity index (χ0) is 24.6. The van der Waals surface area contributed by atoms with Crippen LogP contribution in [-0.4, -0.2) is 67.0 Å². The maximum absolute atomic E-state index is 11.6. The molecule has 2 aliphatic rings. The van der Waals surface area contributed by atoms with Gasteiger partial charge in [0.1, 0.15) is 18.2 Å². The number of anilines is 1. The minimum absolute atomic E-state index is 0.00257. The van der Waals surface area contributed by atoms with E-state index in [9.17, 15) is 9.90 Å². The molecular weight excluding hydrogens is 442 g/mol. The number of fused-ring (bicyclic) bond motifs is 1. The largest absolute Gasteiger partial charge is 0.491 e. The third-order valence-electron chi connectivity index (χ3n) is 7.25. The van der Waals surface area contributed by atoms with E-state index in [1.54, 1.807) is 7.11 Å². The minimum Gasteiger partial charge on any atom is -0.491 e. The number of carbonyl (C=O) groups is 1. The molecule has 0 saturated carbocycles. The third kappa shape index (κ3) is 7.42. The summed E-state index contributed by atoms with van der Waals surface area (Å²) in [5, 5.41) is 13.0. The van der Waals surface area contributed by atoms with Crippen molar-refractivity contribution in [3.8, 4) is 5.75 Å². The summed E-state index contributed by atoms with van der Waals surface area (Å²) in [6.07, 6.45) is 5.68. The summed E-state index contributed by atoms with van der Waals surface area (Å²) in [6, 6.07) is 12.3. The topological polar surface area (TPSA) is 83.9 Å². The monoisotopic (exact) mass is 481 g/mol. The predicted molar refractivity (Wildman–Crippen MR) is 137 cm³/mol. The Hall–Kier alpha value is -2.64. The van der Waals surface area contributed by atoms with Gasteiger partial charge in [0, 0.05) is 38.4 Å². The van der Waals surface area contributed by atoms with Gasteiger partial charge >= 0.3 is 5.97 Å². The highest BCUT2D eigenvalue weighted by atomic mass is 16.5. The maximum Gasteiger partial charge on any atom is 0.304 e. The molecule has 1 aromatic carbocycles. The van der Waals surface area contributed by atoms with E-state index in [0.29, 0.717) is 12.5 Å². The van der Waals surface area contributed by atoms with Gasteiger partial charge in [0.2, 0.25) is 0 Å². The van der Waals surface area contributed by atoms with Crippen LogP contribution in [0.2, 0.25) is 0 Å². The first-order valence-electron chi connectivity index (χ1n) is 12.9. The second-order valence-corrected chi connectivity index (χ2v) is 10.0. The average Bonchev–Trinajstić information content (AvgIpc) is 3.32. The van der Waals surface area contributed by atoms with Crippen LogP contribution in [0.5, 0.6) is 5.75 Å². The van der Waals surface area contributed by atoms with E-state index in [2.05, 4.69) is 22.3 Å². The molecule has 1 unspecified atom stereocenters. The van der Waals surface area contributed by atoms with Gasteiger partial charge in [0.05, 0.1) is 12.5 Å². The molecule has 3 heterocycles. The second kappa shape index (κ2) is 12.4. The number of nitrogens with one attached hydrogen (secondary N) is 1. The van der Waals surface area contributed by atoms with Crippen molar-refractivity contribution in [3.63, 3.8) is 0 Å². The van der Waals surface area contributed by atoms with Crippen LogP contribution >= 0.6 is 0 Å². The first-order valence-corrected chi connectivity index (χ1v) is 12.9. The zero-order valence-corrected chi connectivity index (χ0v) is 21.0. The number of carboxylic acids is 1. The Morgan fingerprint density at radius 2 is 2.20 bits per heavy atom. The smallest absolute Gasteiger partial charge is 0.304 e. The van der Waals surface area contributed by atoms with Gasteiger partial charge in [-0.2, -0.15) is 0 Å². The van der Waals surface area contributed by atoms with Crippen molar-refractivity contribution in [1.82, 2.24) is 9.88 Å². The molecule has 0 aliphatic carbocycles. The SMILES string of the molecule is CO[C@@H](C)COc1cccc([C@H](CC(=O)O)CN2CCC(CCc3ccc4c(n3)NCCC4)C2)c1. The van der Waals surface area contributed by atoms with E-state index >= 15 is 0 Å². The van der Waals surface area contributed by atoms with Crippen molar-refractivity contribution < 1.29 is 19.4 Å². The number of methoxy groups -OCH3 is 1. The fourth-order valence-electron chi connectivity index (χ4n) is 5.12. The maximum atomic E-state index is 11.6. The lowest BCUT2D eigenvalue weighted by Gasteiger charge is -2.24. The Kier molecular flexibility index (Phi) is 8.99. The van der Waals surface area contributed by atoms with Crippen molar-refractivity contribution in [1.29, 1.82) is 0 Å². The van der Waals surface area contributed by atoms with Crippen LogP contribution in [0.1, 0.15) is 55.3 Å². The molecule has 3 atom stereocenters. The summed E-state index contributed by atoms with van der Waals surface area (Å²) in [4.78, 5) is 18.9. The molecule has 4 rings (SSSR count). The molecule has 35 heavy (non-hydrogen) atoms. The molecule has 0 amide bonds. The summed E-state index contributed by atoms with van der Waals surface area (Å²) in [5.74, 6) is 1.62. The standard InChI is InChI=1S/C28H39N3O4/c1-20(34-2)19-35-26-7-3-5-23(15-26)24(16-27(32)33)18-31-14-12-21(17-31)8-10-25-11-9-22-6-4-13-29-28(22)30-25/h3,5,7,9,11,15,20-21,24H,4,6,8,10,12-14,16-19H2,1-2H3,(H,29,30)(H,32,33)/t20-,21?,24+/m0/s1. The normalized spacial score (nSPS) is 19.5.